The maximum Gasteiger partial charge on any atom is 0.336 e. The topological polar surface area (TPSA) is 118 Å². The molecule has 0 radical (unpaired) electrons. The number of nitro groups is 1. The van der Waals surface area contributed by atoms with Crippen LogP contribution >= 0.6 is 0 Å². The standard InChI is InChI=1S/C13H10N4O4/c18-13(19)11-4-2-1-3-9(11)7-15-16-12-6-5-10(8-14-12)17(20)21/h1-8H,(H,14,16)(H,18,19)/b15-7+. The first-order chi connectivity index (χ1) is 10.1. The molecule has 8 heteroatoms. The third-order valence-electron chi connectivity index (χ3n) is 2.53. The van der Waals surface area contributed by atoms with Crippen LogP contribution in [0.15, 0.2) is 47.7 Å². The van der Waals surface area contributed by atoms with Gasteiger partial charge in [-0.3, -0.25) is 15.5 Å². The highest BCUT2D eigenvalue weighted by Gasteiger charge is 2.07. The molecule has 2 rings (SSSR count). The Morgan fingerprint density at radius 1 is 1.33 bits per heavy atom. The number of nitrogens with zero attached hydrogens (tertiary/aromatic N) is 3. The van der Waals surface area contributed by atoms with E-state index in [1.165, 1.54) is 24.4 Å². The van der Waals surface area contributed by atoms with E-state index in [2.05, 4.69) is 15.5 Å². The first-order valence-corrected chi connectivity index (χ1v) is 5.80. The Kier molecular flexibility index (Phi) is 4.20. The Bertz CT molecular complexity index is 698. The third-order valence-corrected chi connectivity index (χ3v) is 2.53. The van der Waals surface area contributed by atoms with Gasteiger partial charge in [-0.1, -0.05) is 18.2 Å². The zero-order valence-electron chi connectivity index (χ0n) is 10.6. The van der Waals surface area contributed by atoms with Gasteiger partial charge in [0.05, 0.1) is 16.7 Å². The summed E-state index contributed by atoms with van der Waals surface area (Å²) in [6.07, 6.45) is 2.44. The van der Waals surface area contributed by atoms with Crippen molar-refractivity contribution >= 4 is 23.7 Å². The van der Waals surface area contributed by atoms with Gasteiger partial charge >= 0.3 is 5.97 Å². The van der Waals surface area contributed by atoms with Crippen LogP contribution in [0.4, 0.5) is 11.5 Å². The molecule has 0 fully saturated rings. The van der Waals surface area contributed by atoms with Gasteiger partial charge in [-0.25, -0.2) is 9.78 Å². The van der Waals surface area contributed by atoms with E-state index < -0.39 is 10.9 Å². The van der Waals surface area contributed by atoms with E-state index in [-0.39, 0.29) is 11.3 Å². The molecule has 2 aromatic rings. The molecule has 0 bridgehead atoms. The van der Waals surface area contributed by atoms with Crippen molar-refractivity contribution in [2.45, 2.75) is 0 Å². The molecule has 0 atom stereocenters. The Hall–Kier alpha value is -3.29. The normalized spacial score (nSPS) is 10.5. The Morgan fingerprint density at radius 3 is 2.71 bits per heavy atom. The van der Waals surface area contributed by atoms with E-state index in [1.807, 2.05) is 0 Å². The molecule has 1 heterocycles. The first-order valence-electron chi connectivity index (χ1n) is 5.80. The molecule has 21 heavy (non-hydrogen) atoms. The van der Waals surface area contributed by atoms with Crippen LogP contribution in [-0.4, -0.2) is 27.2 Å². The summed E-state index contributed by atoms with van der Waals surface area (Å²) in [4.78, 5) is 24.7. The minimum atomic E-state index is -1.05. The summed E-state index contributed by atoms with van der Waals surface area (Å²) in [6.45, 7) is 0. The van der Waals surface area contributed by atoms with Gasteiger partial charge in [0, 0.05) is 11.6 Å². The Labute approximate surface area is 118 Å². The predicted molar refractivity (Wildman–Crippen MR) is 75.5 cm³/mol. The van der Waals surface area contributed by atoms with Crippen LogP contribution in [0.3, 0.4) is 0 Å². The number of hydrazone groups is 1. The molecule has 106 valence electrons. The summed E-state index contributed by atoms with van der Waals surface area (Å²) in [5, 5.41) is 23.3. The molecule has 8 nitrogen and oxygen atoms in total. The molecule has 0 aliphatic rings. The lowest BCUT2D eigenvalue weighted by Crippen LogP contribution is -2.02. The number of rotatable bonds is 5. The van der Waals surface area contributed by atoms with Crippen LogP contribution in [0.5, 0.6) is 0 Å². The van der Waals surface area contributed by atoms with Crippen LogP contribution in [0.2, 0.25) is 0 Å². The Balaban J connectivity index is 2.09. The summed E-state index contributed by atoms with van der Waals surface area (Å²) < 4.78 is 0. The highest BCUT2D eigenvalue weighted by molar-refractivity contribution is 5.98. The number of anilines is 1. The van der Waals surface area contributed by atoms with Crippen molar-refractivity contribution in [3.8, 4) is 0 Å². The molecule has 0 aliphatic heterocycles. The van der Waals surface area contributed by atoms with Crippen molar-refractivity contribution in [3.63, 3.8) is 0 Å². The van der Waals surface area contributed by atoms with Crippen LogP contribution in [0.1, 0.15) is 15.9 Å². The van der Waals surface area contributed by atoms with Crippen molar-refractivity contribution < 1.29 is 14.8 Å². The quantitative estimate of drug-likeness (QED) is 0.494. The van der Waals surface area contributed by atoms with Crippen LogP contribution in [0.25, 0.3) is 0 Å². The van der Waals surface area contributed by atoms with Crippen molar-refractivity contribution in [3.05, 3.63) is 63.8 Å². The van der Waals surface area contributed by atoms with Gasteiger partial charge in [-0.05, 0) is 12.1 Å². The van der Waals surface area contributed by atoms with Crippen molar-refractivity contribution in [1.82, 2.24) is 4.98 Å². The van der Waals surface area contributed by atoms with Gasteiger partial charge in [0.15, 0.2) is 0 Å². The number of carboxylic acid groups (broad SMARTS) is 1. The highest BCUT2D eigenvalue weighted by Crippen LogP contribution is 2.12. The molecule has 2 N–H and O–H groups in total. The number of carboxylic acids is 1. The summed E-state index contributed by atoms with van der Waals surface area (Å²) in [5.74, 6) is -0.741. The number of aromatic nitrogens is 1. The zero-order valence-corrected chi connectivity index (χ0v) is 10.6. The van der Waals surface area contributed by atoms with Crippen molar-refractivity contribution in [1.29, 1.82) is 0 Å². The molecule has 1 aromatic carbocycles. The van der Waals surface area contributed by atoms with Gasteiger partial charge in [-0.2, -0.15) is 5.10 Å². The molecule has 0 aliphatic carbocycles. The van der Waals surface area contributed by atoms with Crippen molar-refractivity contribution in [2.24, 2.45) is 5.10 Å². The molecule has 0 spiro atoms. The molecule has 1 aromatic heterocycles. The summed E-state index contributed by atoms with van der Waals surface area (Å²) in [5.41, 5.74) is 3.00. The maximum atomic E-state index is 11.0. The minimum Gasteiger partial charge on any atom is -0.478 e. The number of nitrogens with one attached hydrogen (secondary N) is 1. The van der Waals surface area contributed by atoms with E-state index in [0.717, 1.165) is 6.20 Å². The van der Waals surface area contributed by atoms with Crippen LogP contribution in [-0.2, 0) is 0 Å². The second-order valence-corrected chi connectivity index (χ2v) is 3.92. The fourth-order valence-corrected chi connectivity index (χ4v) is 1.53. The fraction of sp³-hybridized carbons (Fsp3) is 0. The van der Waals surface area contributed by atoms with E-state index >= 15 is 0 Å². The average molecular weight is 286 g/mol. The molecular formula is C13H10N4O4. The van der Waals surface area contributed by atoms with Crippen LogP contribution in [0, 0.1) is 10.1 Å². The fourth-order valence-electron chi connectivity index (χ4n) is 1.53. The summed E-state index contributed by atoms with van der Waals surface area (Å²) >= 11 is 0. The lowest BCUT2D eigenvalue weighted by molar-refractivity contribution is -0.385. The molecule has 0 saturated carbocycles. The van der Waals surface area contributed by atoms with E-state index in [0.29, 0.717) is 11.4 Å². The van der Waals surface area contributed by atoms with Gasteiger partial charge in [0.2, 0.25) is 0 Å². The minimum absolute atomic E-state index is 0.124. The number of hydrogen-bond acceptors (Lipinski definition) is 6. The second-order valence-electron chi connectivity index (χ2n) is 3.92. The molecular weight excluding hydrogens is 276 g/mol. The summed E-state index contributed by atoms with van der Waals surface area (Å²) in [7, 11) is 0. The lowest BCUT2D eigenvalue weighted by atomic mass is 10.1. The monoisotopic (exact) mass is 286 g/mol. The first kappa shape index (κ1) is 14.1. The van der Waals surface area contributed by atoms with Gasteiger partial charge in [0.1, 0.15) is 12.0 Å². The number of benzene rings is 1. The predicted octanol–water partition coefficient (Wildman–Crippen LogP) is 2.13. The number of pyridine rings is 1. The maximum absolute atomic E-state index is 11.0. The van der Waals surface area contributed by atoms with Crippen molar-refractivity contribution in [2.75, 3.05) is 5.43 Å². The van der Waals surface area contributed by atoms with Gasteiger partial charge in [0.25, 0.3) is 5.69 Å². The van der Waals surface area contributed by atoms with Gasteiger partial charge in [-0.15, -0.1) is 0 Å². The van der Waals surface area contributed by atoms with E-state index in [9.17, 15) is 14.9 Å². The molecule has 0 saturated heterocycles. The van der Waals surface area contributed by atoms with E-state index in [4.69, 9.17) is 5.11 Å². The summed E-state index contributed by atoms with van der Waals surface area (Å²) in [6, 6.07) is 9.07. The SMILES string of the molecule is O=C(O)c1ccccc1/C=N/Nc1ccc([N+](=O)[O-])cn1. The van der Waals surface area contributed by atoms with E-state index in [1.54, 1.807) is 18.2 Å². The lowest BCUT2D eigenvalue weighted by Gasteiger charge is -2.01. The second kappa shape index (κ2) is 6.24. The highest BCUT2D eigenvalue weighted by atomic mass is 16.6. The largest absolute Gasteiger partial charge is 0.478 e. The number of hydrogen-bond donors (Lipinski definition) is 2. The number of aromatic carboxylic acids is 1. The average Bonchev–Trinajstić information content (AvgIpc) is 2.48. The van der Waals surface area contributed by atoms with Crippen LogP contribution < -0.4 is 5.43 Å². The third kappa shape index (κ3) is 3.60. The molecule has 0 unspecified atom stereocenters. The number of carbonyl (C=O) groups is 1. The van der Waals surface area contributed by atoms with Gasteiger partial charge < -0.3 is 5.11 Å². The smallest absolute Gasteiger partial charge is 0.336 e. The molecule has 0 amide bonds. The Morgan fingerprint density at radius 2 is 2.10 bits per heavy atom. The zero-order chi connectivity index (χ0) is 15.2.